The molecular weight excluding hydrogens is 219 g/mol. The van der Waals surface area contributed by atoms with Crippen molar-refractivity contribution in [2.24, 2.45) is 0 Å². The summed E-state index contributed by atoms with van der Waals surface area (Å²) >= 11 is 0. The van der Waals surface area contributed by atoms with E-state index in [0.29, 0.717) is 0 Å². The lowest BCUT2D eigenvalue weighted by Gasteiger charge is -2.11. The third kappa shape index (κ3) is 5.96. The maximum absolute atomic E-state index is 11.8. The normalized spacial score (nSPS) is 13.1. The second-order valence-electron chi connectivity index (χ2n) is 2.92. The van der Waals surface area contributed by atoms with Gasteiger partial charge in [-0.05, 0) is 18.6 Å². The maximum Gasteiger partial charge on any atom is 0.389 e. The second-order valence-corrected chi connectivity index (χ2v) is 2.92. The molecule has 1 unspecified atom stereocenters. The molecule has 2 nitrogen and oxygen atoms in total. The number of hydrogen-bond donors (Lipinski definition) is 1. The number of halogens is 3. The van der Waals surface area contributed by atoms with Gasteiger partial charge in [-0.15, -0.1) is 0 Å². The number of alkyl halides is 3. The Morgan fingerprint density at radius 2 is 2.00 bits per heavy atom. The molecule has 0 fully saturated rings. The minimum absolute atomic E-state index is 0. The lowest BCUT2D eigenvalue weighted by Crippen LogP contribution is -2.10. The first-order valence-corrected chi connectivity index (χ1v) is 4.15. The summed E-state index contributed by atoms with van der Waals surface area (Å²) in [5.41, 5.74) is 0.275. The molecule has 0 aromatic carbocycles. The fourth-order valence-electron chi connectivity index (χ4n) is 1.02. The smallest absolute Gasteiger partial charge is 0.387 e. The van der Waals surface area contributed by atoms with Crippen molar-refractivity contribution in [2.75, 3.05) is 0 Å². The van der Waals surface area contributed by atoms with Gasteiger partial charge in [-0.3, -0.25) is 4.98 Å². The summed E-state index contributed by atoms with van der Waals surface area (Å²) in [7, 11) is 0. The molecule has 1 rings (SSSR count). The first-order chi connectivity index (χ1) is 6.49. The van der Waals surface area contributed by atoms with E-state index in [1.165, 1.54) is 12.3 Å². The van der Waals surface area contributed by atoms with Crippen LogP contribution < -0.4 is 0 Å². The monoisotopic (exact) mass is 229 g/mol. The summed E-state index contributed by atoms with van der Waals surface area (Å²) in [5, 5.41) is 9.32. The Labute approximate surface area is 102 Å². The van der Waals surface area contributed by atoms with Crippen molar-refractivity contribution in [1.29, 1.82) is 0 Å². The molecule has 1 aromatic heterocycles. The zero-order chi connectivity index (χ0) is 10.6. The van der Waals surface area contributed by atoms with Gasteiger partial charge in [-0.1, -0.05) is 6.07 Å². The van der Waals surface area contributed by atoms with E-state index in [9.17, 15) is 18.3 Å². The SMILES string of the molecule is OC(CCC(F)(F)F)c1ccccn1.[Mg]. The molecule has 1 atom stereocenters. The predicted molar refractivity (Wildman–Crippen MR) is 50.2 cm³/mol. The van der Waals surface area contributed by atoms with Crippen LogP contribution in [-0.2, 0) is 0 Å². The molecule has 0 aliphatic rings. The van der Waals surface area contributed by atoms with Gasteiger partial charge in [-0.2, -0.15) is 13.2 Å². The zero-order valence-corrected chi connectivity index (χ0v) is 9.45. The van der Waals surface area contributed by atoms with Gasteiger partial charge in [-0.25, -0.2) is 0 Å². The molecule has 80 valence electrons. The second kappa shape index (κ2) is 6.29. The number of hydrogen-bond acceptors (Lipinski definition) is 2. The molecule has 2 radical (unpaired) electrons. The van der Waals surface area contributed by atoms with Crippen LogP contribution in [0.5, 0.6) is 0 Å². The van der Waals surface area contributed by atoms with Gasteiger partial charge in [0.2, 0.25) is 0 Å². The molecule has 6 heteroatoms. The quantitative estimate of drug-likeness (QED) is 0.805. The van der Waals surface area contributed by atoms with E-state index in [4.69, 9.17) is 0 Å². The number of aliphatic hydroxyl groups excluding tert-OH is 1. The molecule has 0 amide bonds. The molecule has 0 spiro atoms. The van der Waals surface area contributed by atoms with Gasteiger partial charge < -0.3 is 5.11 Å². The number of nitrogens with zero attached hydrogens (tertiary/aromatic N) is 1. The first kappa shape index (κ1) is 14.7. The molecule has 0 saturated carbocycles. The average Bonchev–Trinajstić information content (AvgIpc) is 2.14. The van der Waals surface area contributed by atoms with Crippen molar-refractivity contribution >= 4 is 23.1 Å². The molecule has 0 saturated heterocycles. The van der Waals surface area contributed by atoms with Crippen LogP contribution in [0.3, 0.4) is 0 Å². The van der Waals surface area contributed by atoms with E-state index in [1.54, 1.807) is 12.1 Å². The fraction of sp³-hybridized carbons (Fsp3) is 0.444. The Kier molecular flexibility index (Phi) is 6.15. The first-order valence-electron chi connectivity index (χ1n) is 4.15. The third-order valence-electron chi connectivity index (χ3n) is 1.73. The van der Waals surface area contributed by atoms with E-state index in [-0.39, 0.29) is 35.2 Å². The van der Waals surface area contributed by atoms with Crippen molar-refractivity contribution < 1.29 is 18.3 Å². The number of aliphatic hydroxyl groups is 1. The van der Waals surface area contributed by atoms with E-state index in [1.807, 2.05) is 0 Å². The maximum atomic E-state index is 11.8. The molecule has 1 aromatic rings. The average molecular weight is 229 g/mol. The molecule has 15 heavy (non-hydrogen) atoms. The van der Waals surface area contributed by atoms with Crippen molar-refractivity contribution in [3.63, 3.8) is 0 Å². The van der Waals surface area contributed by atoms with Gasteiger partial charge in [0.05, 0.1) is 11.8 Å². The summed E-state index contributed by atoms with van der Waals surface area (Å²) in [6.07, 6.45) is -5.27. The van der Waals surface area contributed by atoms with Crippen molar-refractivity contribution in [2.45, 2.75) is 25.1 Å². The van der Waals surface area contributed by atoms with Gasteiger partial charge in [0.25, 0.3) is 0 Å². The Morgan fingerprint density at radius 3 is 2.47 bits per heavy atom. The van der Waals surface area contributed by atoms with Crippen LogP contribution in [0.4, 0.5) is 13.2 Å². The number of rotatable bonds is 3. The zero-order valence-electron chi connectivity index (χ0n) is 8.04. The summed E-state index contributed by atoms with van der Waals surface area (Å²) in [5.74, 6) is 0. The number of pyridine rings is 1. The van der Waals surface area contributed by atoms with Crippen LogP contribution >= 0.6 is 0 Å². The van der Waals surface area contributed by atoms with Crippen molar-refractivity contribution in [3.05, 3.63) is 30.1 Å². The standard InChI is InChI=1S/C9H10F3NO.Mg/c10-9(11,12)5-4-8(14)7-3-1-2-6-13-7;/h1-3,6,8,14H,4-5H2;. The van der Waals surface area contributed by atoms with E-state index >= 15 is 0 Å². The van der Waals surface area contributed by atoms with Crippen LogP contribution in [0, 0.1) is 0 Å². The van der Waals surface area contributed by atoms with Crippen molar-refractivity contribution in [1.82, 2.24) is 4.98 Å². The minimum Gasteiger partial charge on any atom is -0.387 e. The highest BCUT2D eigenvalue weighted by atomic mass is 24.3. The van der Waals surface area contributed by atoms with Gasteiger partial charge in [0, 0.05) is 35.7 Å². The van der Waals surface area contributed by atoms with Crippen LogP contribution in [0.1, 0.15) is 24.6 Å². The minimum atomic E-state index is -4.23. The highest BCUT2D eigenvalue weighted by molar-refractivity contribution is 5.75. The van der Waals surface area contributed by atoms with Gasteiger partial charge in [0.15, 0.2) is 0 Å². The molecule has 1 N–H and O–H groups in total. The topological polar surface area (TPSA) is 33.1 Å². The molecule has 0 aliphatic heterocycles. The molecule has 0 bridgehead atoms. The Hall–Kier alpha value is -0.334. The fourth-order valence-corrected chi connectivity index (χ4v) is 1.02. The highest BCUT2D eigenvalue weighted by Crippen LogP contribution is 2.26. The molecule has 0 aliphatic carbocycles. The molecule has 1 heterocycles. The van der Waals surface area contributed by atoms with Crippen LogP contribution in [0.2, 0.25) is 0 Å². The van der Waals surface area contributed by atoms with E-state index in [0.717, 1.165) is 0 Å². The Bertz CT molecular complexity index is 278. The van der Waals surface area contributed by atoms with Crippen LogP contribution in [0.15, 0.2) is 24.4 Å². The molecular formula is C9H10F3MgNO. The van der Waals surface area contributed by atoms with E-state index in [2.05, 4.69) is 4.98 Å². The van der Waals surface area contributed by atoms with E-state index < -0.39 is 18.7 Å². The van der Waals surface area contributed by atoms with Crippen LogP contribution in [0.25, 0.3) is 0 Å². The summed E-state index contributed by atoms with van der Waals surface area (Å²) in [6.45, 7) is 0. The summed E-state index contributed by atoms with van der Waals surface area (Å²) in [6, 6.07) is 4.76. The van der Waals surface area contributed by atoms with Gasteiger partial charge >= 0.3 is 6.18 Å². The van der Waals surface area contributed by atoms with Gasteiger partial charge in [0.1, 0.15) is 0 Å². The lowest BCUT2D eigenvalue weighted by atomic mass is 10.1. The largest absolute Gasteiger partial charge is 0.389 e. The summed E-state index contributed by atoms with van der Waals surface area (Å²) in [4.78, 5) is 3.76. The third-order valence-corrected chi connectivity index (χ3v) is 1.73. The van der Waals surface area contributed by atoms with Crippen molar-refractivity contribution in [3.8, 4) is 0 Å². The predicted octanol–water partition coefficient (Wildman–Crippen LogP) is 2.08. The highest BCUT2D eigenvalue weighted by Gasteiger charge is 2.28. The Balaban J connectivity index is 0.00000196. The van der Waals surface area contributed by atoms with Crippen LogP contribution in [-0.4, -0.2) is 39.3 Å². The Morgan fingerprint density at radius 1 is 1.33 bits per heavy atom. The number of aromatic nitrogens is 1. The summed E-state index contributed by atoms with van der Waals surface area (Å²) < 4.78 is 35.4. The lowest BCUT2D eigenvalue weighted by molar-refractivity contribution is -0.140.